The topological polar surface area (TPSA) is 12.0 Å². The lowest BCUT2D eigenvalue weighted by atomic mass is 10.0. The van der Waals surface area contributed by atoms with Gasteiger partial charge in [0, 0.05) is 15.4 Å². The van der Waals surface area contributed by atoms with Crippen molar-refractivity contribution in [2.24, 2.45) is 5.92 Å². The Kier molecular flexibility index (Phi) is 5.15. The number of halogens is 1. The first-order chi connectivity index (χ1) is 10.3. The number of thiophene rings is 1. The van der Waals surface area contributed by atoms with Gasteiger partial charge in [0.05, 0.1) is 0 Å². The average molecular weight is 364 g/mol. The van der Waals surface area contributed by atoms with Gasteiger partial charge in [0.2, 0.25) is 0 Å². The Hall–Kier alpha value is -0.640. The molecule has 3 rings (SSSR count). The van der Waals surface area contributed by atoms with Crippen molar-refractivity contribution in [1.82, 2.24) is 5.32 Å². The molecule has 0 aliphatic heterocycles. The highest BCUT2D eigenvalue weighted by Crippen LogP contribution is 2.50. The summed E-state index contributed by atoms with van der Waals surface area (Å²) in [5, 5.41) is 5.96. The number of benzene rings is 1. The van der Waals surface area contributed by atoms with E-state index in [1.165, 1.54) is 27.8 Å². The second-order valence-electron chi connectivity index (χ2n) is 5.87. The highest BCUT2D eigenvalue weighted by molar-refractivity contribution is 9.10. The highest BCUT2D eigenvalue weighted by Gasteiger charge is 2.43. The summed E-state index contributed by atoms with van der Waals surface area (Å²) in [6.07, 6.45) is 3.67. The predicted molar refractivity (Wildman–Crippen MR) is 95.1 cm³/mol. The minimum absolute atomic E-state index is 0.602. The van der Waals surface area contributed by atoms with Crippen LogP contribution in [-0.2, 0) is 6.42 Å². The first kappa shape index (κ1) is 15.3. The molecule has 1 aliphatic carbocycles. The molecule has 21 heavy (non-hydrogen) atoms. The maximum absolute atomic E-state index is 3.78. The van der Waals surface area contributed by atoms with Gasteiger partial charge >= 0.3 is 0 Å². The van der Waals surface area contributed by atoms with E-state index < -0.39 is 0 Å². The van der Waals surface area contributed by atoms with Crippen molar-refractivity contribution in [2.75, 3.05) is 6.54 Å². The number of hydrogen-bond donors (Lipinski definition) is 1. The summed E-state index contributed by atoms with van der Waals surface area (Å²) in [6, 6.07) is 13.8. The third-order valence-corrected chi connectivity index (χ3v) is 6.29. The van der Waals surface area contributed by atoms with Gasteiger partial charge in [-0.25, -0.2) is 0 Å². The molecule has 1 heterocycles. The van der Waals surface area contributed by atoms with Crippen LogP contribution in [0, 0.1) is 5.92 Å². The molecule has 1 fully saturated rings. The highest BCUT2D eigenvalue weighted by atomic mass is 79.9. The van der Waals surface area contributed by atoms with Crippen molar-refractivity contribution in [1.29, 1.82) is 0 Å². The first-order valence-corrected chi connectivity index (χ1v) is 9.47. The molecular weight excluding hydrogens is 342 g/mol. The predicted octanol–water partition coefficient (Wildman–Crippen LogP) is 5.23. The van der Waals surface area contributed by atoms with E-state index >= 15 is 0 Å². The first-order valence-electron chi connectivity index (χ1n) is 7.79. The zero-order valence-corrected chi connectivity index (χ0v) is 14.8. The molecular formula is C18H22BrNS. The summed E-state index contributed by atoms with van der Waals surface area (Å²) in [6.45, 7) is 3.36. The van der Waals surface area contributed by atoms with Gasteiger partial charge in [-0.1, -0.05) is 37.3 Å². The summed E-state index contributed by atoms with van der Waals surface area (Å²) < 4.78 is 1.27. The fourth-order valence-corrected chi connectivity index (χ4v) is 4.69. The van der Waals surface area contributed by atoms with Gasteiger partial charge in [0.25, 0.3) is 0 Å². The molecule has 0 saturated heterocycles. The average Bonchev–Trinajstić information content (AvgIpc) is 3.22. The lowest BCUT2D eigenvalue weighted by molar-refractivity contribution is 0.454. The van der Waals surface area contributed by atoms with E-state index in [-0.39, 0.29) is 0 Å². The van der Waals surface area contributed by atoms with Crippen LogP contribution in [0.1, 0.15) is 36.1 Å². The zero-order valence-electron chi connectivity index (χ0n) is 12.4. The summed E-state index contributed by atoms with van der Waals surface area (Å²) in [5.41, 5.74) is 1.51. The van der Waals surface area contributed by atoms with Crippen LogP contribution in [0.2, 0.25) is 0 Å². The van der Waals surface area contributed by atoms with Crippen LogP contribution in [0.15, 0.2) is 46.3 Å². The molecule has 112 valence electrons. The molecule has 0 amide bonds. The van der Waals surface area contributed by atoms with Crippen molar-refractivity contribution >= 4 is 27.3 Å². The maximum Gasteiger partial charge on any atom is 0.0314 e. The Morgan fingerprint density at radius 2 is 2.10 bits per heavy atom. The lowest BCUT2D eigenvalue weighted by Gasteiger charge is -2.18. The fourth-order valence-electron chi connectivity index (χ4n) is 3.12. The van der Waals surface area contributed by atoms with Gasteiger partial charge in [-0.3, -0.25) is 0 Å². The molecule has 3 unspecified atom stereocenters. The lowest BCUT2D eigenvalue weighted by Crippen LogP contribution is -2.34. The molecule has 0 radical (unpaired) electrons. The second kappa shape index (κ2) is 7.08. The van der Waals surface area contributed by atoms with Crippen LogP contribution in [-0.4, -0.2) is 12.6 Å². The van der Waals surface area contributed by atoms with E-state index in [1.54, 1.807) is 0 Å². The second-order valence-corrected chi connectivity index (χ2v) is 7.73. The van der Waals surface area contributed by atoms with E-state index in [1.807, 2.05) is 11.3 Å². The van der Waals surface area contributed by atoms with Crippen molar-refractivity contribution in [2.45, 2.75) is 38.1 Å². The Balaban J connectivity index is 1.68. The van der Waals surface area contributed by atoms with Crippen molar-refractivity contribution < 1.29 is 0 Å². The Labute approximate surface area is 139 Å². The molecule has 1 N–H and O–H groups in total. The summed E-state index contributed by atoms with van der Waals surface area (Å²) >= 11 is 5.54. The van der Waals surface area contributed by atoms with Crippen LogP contribution >= 0.6 is 27.3 Å². The SMILES string of the molecule is CCCNC(Cc1sccc1Br)C1CC1c1ccccc1. The minimum atomic E-state index is 0.602. The van der Waals surface area contributed by atoms with Crippen LogP contribution in [0.3, 0.4) is 0 Å². The Bertz CT molecular complexity index is 566. The third-order valence-electron chi connectivity index (χ3n) is 4.34. The number of nitrogens with one attached hydrogen (secondary N) is 1. The molecule has 3 atom stereocenters. The normalized spacial score (nSPS) is 22.2. The van der Waals surface area contributed by atoms with E-state index in [0.29, 0.717) is 6.04 Å². The van der Waals surface area contributed by atoms with E-state index in [2.05, 4.69) is 69.9 Å². The van der Waals surface area contributed by atoms with Gasteiger partial charge in [0.1, 0.15) is 0 Å². The van der Waals surface area contributed by atoms with Gasteiger partial charge in [-0.15, -0.1) is 11.3 Å². The standard InChI is InChI=1S/C18H22BrNS/c1-2-9-20-17(12-18-16(19)8-10-21-18)15-11-14(15)13-6-4-3-5-7-13/h3-8,10,14-15,17,20H,2,9,11-12H2,1H3. The molecule has 0 spiro atoms. The third kappa shape index (κ3) is 3.77. The molecule has 3 heteroatoms. The molecule has 1 aromatic carbocycles. The van der Waals surface area contributed by atoms with Gasteiger partial charge in [-0.2, -0.15) is 0 Å². The molecule has 1 aliphatic rings. The van der Waals surface area contributed by atoms with Gasteiger partial charge < -0.3 is 5.32 Å². The Morgan fingerprint density at radius 3 is 2.76 bits per heavy atom. The zero-order chi connectivity index (χ0) is 14.7. The van der Waals surface area contributed by atoms with E-state index in [9.17, 15) is 0 Å². The number of rotatable bonds is 7. The van der Waals surface area contributed by atoms with Gasteiger partial charge in [0.15, 0.2) is 0 Å². The van der Waals surface area contributed by atoms with Crippen molar-refractivity contribution in [3.8, 4) is 0 Å². The van der Waals surface area contributed by atoms with Crippen molar-refractivity contribution in [3.05, 3.63) is 56.7 Å². The largest absolute Gasteiger partial charge is 0.313 e. The number of hydrogen-bond acceptors (Lipinski definition) is 2. The quantitative estimate of drug-likeness (QED) is 0.710. The van der Waals surface area contributed by atoms with Crippen LogP contribution in [0.25, 0.3) is 0 Å². The summed E-state index contributed by atoms with van der Waals surface area (Å²) in [5.74, 6) is 1.53. The molecule has 0 bridgehead atoms. The van der Waals surface area contributed by atoms with Crippen LogP contribution < -0.4 is 5.32 Å². The fraction of sp³-hybridized carbons (Fsp3) is 0.444. The minimum Gasteiger partial charge on any atom is -0.313 e. The smallest absolute Gasteiger partial charge is 0.0314 e. The summed E-state index contributed by atoms with van der Waals surface area (Å²) in [7, 11) is 0. The molecule has 1 nitrogen and oxygen atoms in total. The van der Waals surface area contributed by atoms with Crippen LogP contribution in [0.5, 0.6) is 0 Å². The van der Waals surface area contributed by atoms with Crippen molar-refractivity contribution in [3.63, 3.8) is 0 Å². The molecule has 1 aromatic heterocycles. The molecule has 2 aromatic rings. The maximum atomic E-state index is 3.78. The van der Waals surface area contributed by atoms with E-state index in [0.717, 1.165) is 24.8 Å². The van der Waals surface area contributed by atoms with Gasteiger partial charge in [-0.05, 0) is 70.6 Å². The van der Waals surface area contributed by atoms with Crippen LogP contribution in [0.4, 0.5) is 0 Å². The Morgan fingerprint density at radius 1 is 1.29 bits per heavy atom. The van der Waals surface area contributed by atoms with E-state index in [4.69, 9.17) is 0 Å². The monoisotopic (exact) mass is 363 g/mol. The summed E-state index contributed by atoms with van der Waals surface area (Å²) in [4.78, 5) is 1.47. The molecule has 1 saturated carbocycles.